The molecule has 0 amide bonds. The molecule has 0 aromatic heterocycles. The highest BCUT2D eigenvalue weighted by molar-refractivity contribution is 5.83. The standard InChI is InChI=1S/C19H20O3/c1-3-17(15-11-7-5-8-12-15)19(21,18(20)22-4-2)16-13-9-6-10-14-16/h3,5-14,17,21H,1,4H2,2H3. The summed E-state index contributed by atoms with van der Waals surface area (Å²) in [6.45, 7) is 5.72. The van der Waals surface area contributed by atoms with Gasteiger partial charge in [0.15, 0.2) is 5.60 Å². The van der Waals surface area contributed by atoms with E-state index in [0.29, 0.717) is 5.56 Å². The molecule has 2 atom stereocenters. The normalized spacial score (nSPS) is 14.6. The van der Waals surface area contributed by atoms with Crippen LogP contribution < -0.4 is 0 Å². The van der Waals surface area contributed by atoms with Crippen molar-refractivity contribution in [2.45, 2.75) is 18.4 Å². The van der Waals surface area contributed by atoms with E-state index in [1.54, 1.807) is 37.3 Å². The molecular formula is C19H20O3. The third-order valence-corrected chi connectivity index (χ3v) is 3.65. The largest absolute Gasteiger partial charge is 0.464 e. The second-order valence-corrected chi connectivity index (χ2v) is 4.98. The van der Waals surface area contributed by atoms with Crippen LogP contribution >= 0.6 is 0 Å². The van der Waals surface area contributed by atoms with Crippen molar-refractivity contribution in [2.75, 3.05) is 6.61 Å². The fraction of sp³-hybridized carbons (Fsp3) is 0.211. The van der Waals surface area contributed by atoms with E-state index < -0.39 is 17.5 Å². The van der Waals surface area contributed by atoms with Gasteiger partial charge in [-0.15, -0.1) is 6.58 Å². The van der Waals surface area contributed by atoms with Gasteiger partial charge in [0.25, 0.3) is 0 Å². The molecule has 0 radical (unpaired) electrons. The van der Waals surface area contributed by atoms with Crippen LogP contribution in [0.15, 0.2) is 73.3 Å². The molecule has 0 spiro atoms. The zero-order valence-corrected chi connectivity index (χ0v) is 12.6. The lowest BCUT2D eigenvalue weighted by Crippen LogP contribution is -2.42. The Kier molecular flexibility index (Phi) is 5.12. The lowest BCUT2D eigenvalue weighted by Gasteiger charge is -2.33. The van der Waals surface area contributed by atoms with Crippen LogP contribution in [-0.4, -0.2) is 17.7 Å². The highest BCUT2D eigenvalue weighted by Gasteiger charge is 2.46. The number of carbonyl (C=O) groups is 1. The van der Waals surface area contributed by atoms with Crippen LogP contribution in [0.5, 0.6) is 0 Å². The number of esters is 1. The number of carbonyl (C=O) groups excluding carboxylic acids is 1. The topological polar surface area (TPSA) is 46.5 Å². The van der Waals surface area contributed by atoms with Crippen molar-refractivity contribution >= 4 is 5.97 Å². The van der Waals surface area contributed by atoms with Crippen LogP contribution in [-0.2, 0) is 15.1 Å². The van der Waals surface area contributed by atoms with Crippen LogP contribution in [0.1, 0.15) is 24.0 Å². The van der Waals surface area contributed by atoms with Gasteiger partial charge in [-0.05, 0) is 18.1 Å². The van der Waals surface area contributed by atoms with Gasteiger partial charge in [-0.3, -0.25) is 0 Å². The molecule has 0 aliphatic carbocycles. The van der Waals surface area contributed by atoms with Gasteiger partial charge >= 0.3 is 5.97 Å². The summed E-state index contributed by atoms with van der Waals surface area (Å²) in [5.41, 5.74) is -0.514. The third-order valence-electron chi connectivity index (χ3n) is 3.65. The van der Waals surface area contributed by atoms with E-state index in [-0.39, 0.29) is 6.61 Å². The van der Waals surface area contributed by atoms with Gasteiger partial charge in [-0.1, -0.05) is 66.7 Å². The number of hydrogen-bond donors (Lipinski definition) is 1. The molecule has 0 aliphatic rings. The Morgan fingerprint density at radius 3 is 2.23 bits per heavy atom. The van der Waals surface area contributed by atoms with Gasteiger partial charge in [0, 0.05) is 5.92 Å². The van der Waals surface area contributed by atoms with Crippen molar-refractivity contribution in [3.8, 4) is 0 Å². The first-order chi connectivity index (χ1) is 10.6. The smallest absolute Gasteiger partial charge is 0.343 e. The van der Waals surface area contributed by atoms with Gasteiger partial charge in [0.2, 0.25) is 0 Å². The molecule has 0 heterocycles. The lowest BCUT2D eigenvalue weighted by molar-refractivity contribution is -0.167. The Labute approximate surface area is 130 Å². The van der Waals surface area contributed by atoms with Crippen LogP contribution in [0, 0.1) is 0 Å². The van der Waals surface area contributed by atoms with Gasteiger partial charge in [-0.25, -0.2) is 4.79 Å². The number of rotatable bonds is 6. The molecule has 2 aromatic carbocycles. The maximum absolute atomic E-state index is 12.5. The monoisotopic (exact) mass is 296 g/mol. The minimum absolute atomic E-state index is 0.201. The Balaban J connectivity index is 2.57. The maximum atomic E-state index is 12.5. The minimum Gasteiger partial charge on any atom is -0.464 e. The van der Waals surface area contributed by atoms with E-state index in [1.165, 1.54) is 0 Å². The summed E-state index contributed by atoms with van der Waals surface area (Å²) < 4.78 is 5.13. The van der Waals surface area contributed by atoms with Gasteiger partial charge < -0.3 is 9.84 Å². The molecule has 0 saturated heterocycles. The minimum atomic E-state index is -1.81. The van der Waals surface area contributed by atoms with Crippen molar-refractivity contribution in [3.05, 3.63) is 84.4 Å². The van der Waals surface area contributed by atoms with Gasteiger partial charge in [0.05, 0.1) is 6.61 Å². The van der Waals surface area contributed by atoms with Crippen LogP contribution in [0.25, 0.3) is 0 Å². The number of benzene rings is 2. The third kappa shape index (κ3) is 2.95. The number of ether oxygens (including phenoxy) is 1. The van der Waals surface area contributed by atoms with Crippen molar-refractivity contribution in [1.82, 2.24) is 0 Å². The van der Waals surface area contributed by atoms with Crippen molar-refractivity contribution in [1.29, 1.82) is 0 Å². The van der Waals surface area contributed by atoms with E-state index in [0.717, 1.165) is 5.56 Å². The fourth-order valence-corrected chi connectivity index (χ4v) is 2.57. The lowest BCUT2D eigenvalue weighted by atomic mass is 9.77. The van der Waals surface area contributed by atoms with Crippen molar-refractivity contribution in [3.63, 3.8) is 0 Å². The SMILES string of the molecule is C=CC(c1ccccc1)C(O)(C(=O)OCC)c1ccccc1. The highest BCUT2D eigenvalue weighted by atomic mass is 16.5. The summed E-state index contributed by atoms with van der Waals surface area (Å²) in [7, 11) is 0. The van der Waals surface area contributed by atoms with Crippen LogP contribution in [0.4, 0.5) is 0 Å². The highest BCUT2D eigenvalue weighted by Crippen LogP contribution is 2.39. The molecule has 114 valence electrons. The maximum Gasteiger partial charge on any atom is 0.343 e. The van der Waals surface area contributed by atoms with Crippen LogP contribution in [0.3, 0.4) is 0 Å². The molecule has 1 N–H and O–H groups in total. The quantitative estimate of drug-likeness (QED) is 0.656. The van der Waals surface area contributed by atoms with Crippen molar-refractivity contribution < 1.29 is 14.6 Å². The second-order valence-electron chi connectivity index (χ2n) is 4.98. The number of aliphatic hydroxyl groups is 1. The zero-order chi connectivity index (χ0) is 16.0. The van der Waals surface area contributed by atoms with E-state index in [4.69, 9.17) is 4.74 Å². The average Bonchev–Trinajstić information content (AvgIpc) is 2.57. The Hall–Kier alpha value is -2.39. The average molecular weight is 296 g/mol. The molecule has 3 nitrogen and oxygen atoms in total. The number of hydrogen-bond acceptors (Lipinski definition) is 3. The zero-order valence-electron chi connectivity index (χ0n) is 12.6. The summed E-state index contributed by atoms with van der Waals surface area (Å²) in [6, 6.07) is 18.2. The Bertz CT molecular complexity index is 622. The molecule has 0 fully saturated rings. The fourth-order valence-electron chi connectivity index (χ4n) is 2.57. The van der Waals surface area contributed by atoms with Gasteiger partial charge in [-0.2, -0.15) is 0 Å². The van der Waals surface area contributed by atoms with Crippen LogP contribution in [0.2, 0.25) is 0 Å². The Morgan fingerprint density at radius 1 is 1.18 bits per heavy atom. The van der Waals surface area contributed by atoms with Crippen molar-refractivity contribution in [2.24, 2.45) is 0 Å². The van der Waals surface area contributed by atoms with E-state index >= 15 is 0 Å². The summed E-state index contributed by atoms with van der Waals surface area (Å²) >= 11 is 0. The molecule has 2 rings (SSSR count). The van der Waals surface area contributed by atoms with E-state index in [9.17, 15) is 9.90 Å². The summed E-state index contributed by atoms with van der Waals surface area (Å²) in [6.07, 6.45) is 1.58. The van der Waals surface area contributed by atoms with E-state index in [1.807, 2.05) is 36.4 Å². The first kappa shape index (κ1) is 16.0. The Morgan fingerprint density at radius 2 is 1.73 bits per heavy atom. The molecule has 0 bridgehead atoms. The van der Waals surface area contributed by atoms with Gasteiger partial charge in [0.1, 0.15) is 0 Å². The molecule has 22 heavy (non-hydrogen) atoms. The first-order valence-electron chi connectivity index (χ1n) is 7.27. The summed E-state index contributed by atoms with van der Waals surface area (Å²) in [4.78, 5) is 12.5. The molecule has 2 unspecified atom stereocenters. The molecular weight excluding hydrogens is 276 g/mol. The molecule has 2 aromatic rings. The predicted octanol–water partition coefficient (Wildman–Crippen LogP) is 3.41. The summed E-state index contributed by atoms with van der Waals surface area (Å²) in [5.74, 6) is -1.27. The first-order valence-corrected chi connectivity index (χ1v) is 7.27. The summed E-state index contributed by atoms with van der Waals surface area (Å²) in [5, 5.41) is 11.2. The molecule has 0 saturated carbocycles. The molecule has 0 aliphatic heterocycles. The van der Waals surface area contributed by atoms with E-state index in [2.05, 4.69) is 6.58 Å². The second kappa shape index (κ2) is 7.05. The molecule has 3 heteroatoms. The predicted molar refractivity (Wildman–Crippen MR) is 86.4 cm³/mol.